The molecule has 0 unspecified atom stereocenters. The molecule has 0 aliphatic heterocycles. The number of nitrogens with one attached hydrogen (secondary N) is 1. The van der Waals surface area contributed by atoms with Gasteiger partial charge in [0.05, 0.1) is 5.69 Å². The predicted octanol–water partition coefficient (Wildman–Crippen LogP) is 3.47. The molecule has 0 atom stereocenters. The summed E-state index contributed by atoms with van der Waals surface area (Å²) in [5.41, 5.74) is 9.23. The van der Waals surface area contributed by atoms with Crippen LogP contribution in [0.5, 0.6) is 0 Å². The summed E-state index contributed by atoms with van der Waals surface area (Å²) in [6, 6.07) is 13.5. The first kappa shape index (κ1) is 16.1. The van der Waals surface area contributed by atoms with Gasteiger partial charge in [0, 0.05) is 24.0 Å². The predicted molar refractivity (Wildman–Crippen MR) is 97.3 cm³/mol. The van der Waals surface area contributed by atoms with Gasteiger partial charge in [-0.2, -0.15) is 4.37 Å². The molecule has 0 saturated heterocycles. The molecule has 2 aromatic heterocycles. The monoisotopic (exact) mass is 338 g/mol. The first-order chi connectivity index (χ1) is 11.6. The molecule has 24 heavy (non-hydrogen) atoms. The first-order valence-electron chi connectivity index (χ1n) is 7.60. The molecular formula is C18H18N4OS. The van der Waals surface area contributed by atoms with Gasteiger partial charge in [0.25, 0.3) is 0 Å². The van der Waals surface area contributed by atoms with Crippen LogP contribution < -0.4 is 11.1 Å². The Labute approximate surface area is 144 Å². The molecule has 122 valence electrons. The van der Waals surface area contributed by atoms with Crippen molar-refractivity contribution < 1.29 is 4.79 Å². The molecule has 0 bridgehead atoms. The van der Waals surface area contributed by atoms with Crippen molar-refractivity contribution in [2.45, 2.75) is 19.9 Å². The van der Waals surface area contributed by atoms with Gasteiger partial charge < -0.3 is 11.1 Å². The number of hydrogen-bond acceptors (Lipinski definition) is 6. The normalized spacial score (nSPS) is 10.5. The molecule has 0 spiro atoms. The number of aryl methyl sites for hydroxylation is 1. The molecule has 0 radical (unpaired) electrons. The van der Waals surface area contributed by atoms with Crippen LogP contribution in [0.1, 0.15) is 26.5 Å². The summed E-state index contributed by atoms with van der Waals surface area (Å²) < 4.78 is 4.18. The number of carbonyl (C=O) groups excluding carboxylic acids is 1. The molecular weight excluding hydrogens is 320 g/mol. The van der Waals surface area contributed by atoms with Gasteiger partial charge in [0.2, 0.25) is 0 Å². The zero-order valence-electron chi connectivity index (χ0n) is 13.3. The van der Waals surface area contributed by atoms with Crippen LogP contribution in [-0.4, -0.2) is 15.1 Å². The van der Waals surface area contributed by atoms with Gasteiger partial charge in [-0.1, -0.05) is 24.3 Å². The highest BCUT2D eigenvalue weighted by atomic mass is 32.1. The maximum atomic E-state index is 12.3. The van der Waals surface area contributed by atoms with Crippen LogP contribution >= 0.6 is 11.5 Å². The van der Waals surface area contributed by atoms with E-state index in [0.29, 0.717) is 24.5 Å². The molecule has 0 fully saturated rings. The smallest absolute Gasteiger partial charge is 0.186 e. The SMILES string of the molecule is Cc1cc(C(=O)Cc2cccc(CNc3cccnc3N)c2)ns1. The highest BCUT2D eigenvalue weighted by Gasteiger charge is 2.11. The third-order valence-electron chi connectivity index (χ3n) is 3.59. The lowest BCUT2D eigenvalue weighted by atomic mass is 10.0. The number of aromatic nitrogens is 2. The number of nitrogens with zero attached hydrogens (tertiary/aromatic N) is 2. The zero-order valence-corrected chi connectivity index (χ0v) is 14.1. The fraction of sp³-hybridized carbons (Fsp3) is 0.167. The largest absolute Gasteiger partial charge is 0.382 e. The highest BCUT2D eigenvalue weighted by Crippen LogP contribution is 2.16. The van der Waals surface area contributed by atoms with Gasteiger partial charge in [-0.25, -0.2) is 4.98 Å². The van der Waals surface area contributed by atoms with Gasteiger partial charge >= 0.3 is 0 Å². The van der Waals surface area contributed by atoms with Crippen molar-refractivity contribution in [1.82, 2.24) is 9.36 Å². The van der Waals surface area contributed by atoms with Crippen molar-refractivity contribution >= 4 is 28.8 Å². The van der Waals surface area contributed by atoms with E-state index in [-0.39, 0.29) is 5.78 Å². The van der Waals surface area contributed by atoms with E-state index in [0.717, 1.165) is 21.7 Å². The van der Waals surface area contributed by atoms with Crippen LogP contribution in [0.2, 0.25) is 0 Å². The van der Waals surface area contributed by atoms with E-state index in [2.05, 4.69) is 14.7 Å². The lowest BCUT2D eigenvalue weighted by Crippen LogP contribution is -2.06. The Morgan fingerprint density at radius 1 is 1.21 bits per heavy atom. The molecule has 5 nitrogen and oxygen atoms in total. The first-order valence-corrected chi connectivity index (χ1v) is 8.38. The van der Waals surface area contributed by atoms with E-state index >= 15 is 0 Å². The van der Waals surface area contributed by atoms with Gasteiger partial charge in [0.15, 0.2) is 5.78 Å². The maximum absolute atomic E-state index is 12.3. The second-order valence-corrected chi connectivity index (χ2v) is 6.54. The minimum Gasteiger partial charge on any atom is -0.382 e. The third kappa shape index (κ3) is 3.97. The van der Waals surface area contributed by atoms with Crippen molar-refractivity contribution in [3.63, 3.8) is 0 Å². The second-order valence-electron chi connectivity index (χ2n) is 5.53. The van der Waals surface area contributed by atoms with E-state index in [1.807, 2.05) is 49.4 Å². The van der Waals surface area contributed by atoms with Crippen molar-refractivity contribution in [2.24, 2.45) is 0 Å². The number of anilines is 2. The molecule has 3 N–H and O–H groups in total. The minimum absolute atomic E-state index is 0.0426. The molecule has 0 aliphatic carbocycles. The van der Waals surface area contributed by atoms with Crippen molar-refractivity contribution in [3.8, 4) is 0 Å². The molecule has 1 aromatic carbocycles. The zero-order chi connectivity index (χ0) is 16.9. The summed E-state index contributed by atoms with van der Waals surface area (Å²) in [5, 5.41) is 3.26. The molecule has 2 heterocycles. The summed E-state index contributed by atoms with van der Waals surface area (Å²) in [6.07, 6.45) is 2.01. The average molecular weight is 338 g/mol. The average Bonchev–Trinajstić information content (AvgIpc) is 3.01. The summed E-state index contributed by atoms with van der Waals surface area (Å²) in [5.74, 6) is 0.517. The van der Waals surface area contributed by atoms with Crippen LogP contribution in [0, 0.1) is 6.92 Å². The van der Waals surface area contributed by atoms with E-state index < -0.39 is 0 Å². The number of hydrogen-bond donors (Lipinski definition) is 2. The minimum atomic E-state index is 0.0426. The summed E-state index contributed by atoms with van der Waals surface area (Å²) >= 11 is 1.35. The number of pyridine rings is 1. The third-order valence-corrected chi connectivity index (χ3v) is 4.29. The molecule has 3 aromatic rings. The maximum Gasteiger partial charge on any atom is 0.186 e. The molecule has 0 aliphatic rings. The quantitative estimate of drug-likeness (QED) is 0.673. The number of nitrogens with two attached hydrogens (primary N) is 1. The molecule has 0 saturated carbocycles. The van der Waals surface area contributed by atoms with Crippen LogP contribution in [-0.2, 0) is 13.0 Å². The van der Waals surface area contributed by atoms with Gasteiger partial charge in [0.1, 0.15) is 11.5 Å². The van der Waals surface area contributed by atoms with E-state index in [1.54, 1.807) is 6.20 Å². The van der Waals surface area contributed by atoms with Crippen molar-refractivity contribution in [2.75, 3.05) is 11.1 Å². The van der Waals surface area contributed by atoms with E-state index in [1.165, 1.54) is 11.5 Å². The van der Waals surface area contributed by atoms with Crippen LogP contribution in [0.4, 0.5) is 11.5 Å². The second kappa shape index (κ2) is 7.23. The number of rotatable bonds is 6. The van der Waals surface area contributed by atoms with Gasteiger partial charge in [-0.3, -0.25) is 4.79 Å². The van der Waals surface area contributed by atoms with Gasteiger partial charge in [-0.15, -0.1) is 0 Å². The lowest BCUT2D eigenvalue weighted by Gasteiger charge is -2.09. The van der Waals surface area contributed by atoms with Crippen LogP contribution in [0.15, 0.2) is 48.7 Å². The Morgan fingerprint density at radius 3 is 2.79 bits per heavy atom. The van der Waals surface area contributed by atoms with E-state index in [9.17, 15) is 4.79 Å². The summed E-state index contributed by atoms with van der Waals surface area (Å²) in [7, 11) is 0. The Morgan fingerprint density at radius 2 is 2.04 bits per heavy atom. The van der Waals surface area contributed by atoms with Crippen molar-refractivity contribution in [3.05, 3.63) is 70.4 Å². The highest BCUT2D eigenvalue weighted by molar-refractivity contribution is 7.05. The number of Topliss-reactive ketones (excluding diaryl/α,β-unsaturated/α-hetero) is 1. The standard InChI is InChI=1S/C18H18N4OS/c1-12-8-16(22-24-12)17(23)10-13-4-2-5-14(9-13)11-21-15-6-3-7-20-18(15)19/h2-9,21H,10-11H2,1H3,(H2,19,20). The fourth-order valence-corrected chi connectivity index (χ4v) is 2.95. The van der Waals surface area contributed by atoms with Gasteiger partial charge in [-0.05, 0) is 47.8 Å². The Balaban J connectivity index is 1.66. The summed E-state index contributed by atoms with van der Waals surface area (Å²) in [6.45, 7) is 2.57. The number of benzene rings is 1. The van der Waals surface area contributed by atoms with Crippen LogP contribution in [0.3, 0.4) is 0 Å². The molecule has 6 heteroatoms. The Hall–Kier alpha value is -2.73. The number of nitrogen functional groups attached to an aromatic ring is 1. The Kier molecular flexibility index (Phi) is 4.86. The van der Waals surface area contributed by atoms with Crippen LogP contribution in [0.25, 0.3) is 0 Å². The fourth-order valence-electron chi connectivity index (χ4n) is 2.39. The Bertz CT molecular complexity index is 859. The molecule has 3 rings (SSSR count). The lowest BCUT2D eigenvalue weighted by molar-refractivity contribution is 0.0989. The topological polar surface area (TPSA) is 80.9 Å². The van der Waals surface area contributed by atoms with Crippen molar-refractivity contribution in [1.29, 1.82) is 0 Å². The number of carbonyl (C=O) groups is 1. The molecule has 0 amide bonds. The number of ketones is 1. The van der Waals surface area contributed by atoms with E-state index in [4.69, 9.17) is 5.73 Å². The summed E-state index contributed by atoms with van der Waals surface area (Å²) in [4.78, 5) is 17.4.